The number of aliphatic hydroxyl groups excluding tert-OH is 1. The lowest BCUT2D eigenvalue weighted by atomic mass is 10.0. The Labute approximate surface area is 155 Å². The number of nitrogens with zero attached hydrogens (tertiary/aromatic N) is 3. The van der Waals surface area contributed by atoms with Crippen molar-refractivity contribution >= 4 is 34.5 Å². The van der Waals surface area contributed by atoms with Crippen LogP contribution in [-0.4, -0.2) is 51.0 Å². The number of benzene rings is 1. The van der Waals surface area contributed by atoms with E-state index in [9.17, 15) is 14.7 Å². The molecule has 26 heavy (non-hydrogen) atoms. The number of aromatic nitrogens is 1. The summed E-state index contributed by atoms with van der Waals surface area (Å²) in [5.74, 6) is 0.377. The fraction of sp³-hybridized carbons (Fsp3) is 0.333. The van der Waals surface area contributed by atoms with Crippen molar-refractivity contribution in [3.05, 3.63) is 41.6 Å². The molecule has 1 aliphatic rings. The van der Waals surface area contributed by atoms with Gasteiger partial charge in [0.1, 0.15) is 6.04 Å². The van der Waals surface area contributed by atoms with Crippen molar-refractivity contribution in [3.8, 4) is 6.07 Å². The van der Waals surface area contributed by atoms with Crippen molar-refractivity contribution in [2.75, 3.05) is 18.2 Å². The Morgan fingerprint density at radius 2 is 2.31 bits per heavy atom. The second-order valence-electron chi connectivity index (χ2n) is 6.00. The second kappa shape index (κ2) is 7.72. The number of amides is 2. The van der Waals surface area contributed by atoms with E-state index in [2.05, 4.69) is 16.4 Å². The molecule has 2 heterocycles. The standard InChI is InChI=1S/C18H18N4O3S/c1-11(23)12-2-3-16-15(6-12)14(4-5-20-16)18(25)21-8-17(24)22-10-26-9-13(22)7-19/h2-6,11,13,23H,8-10H2,1H3,(H,21,25)/t11-,13-/m1/s1. The highest BCUT2D eigenvalue weighted by atomic mass is 32.2. The Morgan fingerprint density at radius 3 is 3.04 bits per heavy atom. The molecule has 1 aromatic heterocycles. The first kappa shape index (κ1) is 18.2. The summed E-state index contributed by atoms with van der Waals surface area (Å²) in [4.78, 5) is 30.5. The van der Waals surface area contributed by atoms with Crippen LogP contribution in [0.2, 0.25) is 0 Å². The third-order valence-electron chi connectivity index (χ3n) is 4.24. The van der Waals surface area contributed by atoms with E-state index in [4.69, 9.17) is 5.26 Å². The van der Waals surface area contributed by atoms with E-state index in [1.54, 1.807) is 31.2 Å². The van der Waals surface area contributed by atoms with E-state index in [1.165, 1.54) is 22.9 Å². The minimum absolute atomic E-state index is 0.169. The number of rotatable bonds is 4. The quantitative estimate of drug-likeness (QED) is 0.844. The zero-order valence-corrected chi connectivity index (χ0v) is 15.0. The summed E-state index contributed by atoms with van der Waals surface area (Å²) < 4.78 is 0. The highest BCUT2D eigenvalue weighted by Gasteiger charge is 2.29. The van der Waals surface area contributed by atoms with Crippen LogP contribution in [0.3, 0.4) is 0 Å². The molecule has 0 unspecified atom stereocenters. The van der Waals surface area contributed by atoms with Crippen molar-refractivity contribution < 1.29 is 14.7 Å². The van der Waals surface area contributed by atoms with Gasteiger partial charge in [-0.25, -0.2) is 0 Å². The number of hydrogen-bond acceptors (Lipinski definition) is 6. The molecule has 8 heteroatoms. The number of carbonyl (C=O) groups excluding carboxylic acids is 2. The Bertz CT molecular complexity index is 894. The Balaban J connectivity index is 1.76. The molecule has 134 valence electrons. The van der Waals surface area contributed by atoms with Crippen molar-refractivity contribution in [1.82, 2.24) is 15.2 Å². The van der Waals surface area contributed by atoms with Gasteiger partial charge >= 0.3 is 0 Å². The lowest BCUT2D eigenvalue weighted by molar-refractivity contribution is -0.129. The minimum atomic E-state index is -0.660. The van der Waals surface area contributed by atoms with E-state index in [-0.39, 0.29) is 12.5 Å². The third kappa shape index (κ3) is 3.64. The number of aliphatic hydroxyl groups is 1. The number of nitrogens with one attached hydrogen (secondary N) is 1. The SMILES string of the molecule is C[C@@H](O)c1ccc2nccc(C(=O)NCC(=O)N3CSC[C@H]3C#N)c2c1. The number of carbonyl (C=O) groups is 2. The predicted octanol–water partition coefficient (Wildman–Crippen LogP) is 1.44. The molecule has 2 amide bonds. The van der Waals surface area contributed by atoms with Crippen molar-refractivity contribution in [2.45, 2.75) is 19.1 Å². The van der Waals surface area contributed by atoms with Crippen LogP contribution in [-0.2, 0) is 4.79 Å². The molecular formula is C18H18N4O3S. The van der Waals surface area contributed by atoms with Crippen LogP contribution in [0.1, 0.15) is 28.9 Å². The first-order valence-electron chi connectivity index (χ1n) is 8.13. The summed E-state index contributed by atoms with van der Waals surface area (Å²) in [5.41, 5.74) is 1.70. The summed E-state index contributed by atoms with van der Waals surface area (Å²) in [6.45, 7) is 1.48. The molecule has 0 saturated carbocycles. The maximum atomic E-state index is 12.6. The first-order valence-corrected chi connectivity index (χ1v) is 9.28. The highest BCUT2D eigenvalue weighted by Crippen LogP contribution is 2.22. The van der Waals surface area contributed by atoms with Gasteiger partial charge in [-0.2, -0.15) is 5.26 Å². The average molecular weight is 370 g/mol. The van der Waals surface area contributed by atoms with Gasteiger partial charge in [-0.1, -0.05) is 6.07 Å². The molecule has 1 saturated heterocycles. The smallest absolute Gasteiger partial charge is 0.252 e. The van der Waals surface area contributed by atoms with Crippen LogP contribution in [0.15, 0.2) is 30.5 Å². The van der Waals surface area contributed by atoms with Crippen LogP contribution in [0.5, 0.6) is 0 Å². The maximum Gasteiger partial charge on any atom is 0.252 e. The van der Waals surface area contributed by atoms with E-state index in [0.29, 0.717) is 33.7 Å². The molecule has 0 spiro atoms. The molecule has 1 fully saturated rings. The van der Waals surface area contributed by atoms with E-state index < -0.39 is 18.1 Å². The predicted molar refractivity (Wildman–Crippen MR) is 98.3 cm³/mol. The molecule has 2 aromatic rings. The molecule has 7 nitrogen and oxygen atoms in total. The molecular weight excluding hydrogens is 352 g/mol. The van der Waals surface area contributed by atoms with Crippen LogP contribution in [0, 0.1) is 11.3 Å². The number of fused-ring (bicyclic) bond motifs is 1. The lowest BCUT2D eigenvalue weighted by Gasteiger charge is -2.18. The average Bonchev–Trinajstić information content (AvgIpc) is 3.13. The topological polar surface area (TPSA) is 106 Å². The van der Waals surface area contributed by atoms with Gasteiger partial charge in [-0.15, -0.1) is 11.8 Å². The lowest BCUT2D eigenvalue weighted by Crippen LogP contribution is -2.42. The second-order valence-corrected chi connectivity index (χ2v) is 7.00. The van der Waals surface area contributed by atoms with Gasteiger partial charge in [-0.05, 0) is 30.7 Å². The summed E-state index contributed by atoms with van der Waals surface area (Å²) in [6, 6.07) is 8.47. The van der Waals surface area contributed by atoms with E-state index >= 15 is 0 Å². The highest BCUT2D eigenvalue weighted by molar-refractivity contribution is 7.99. The summed E-state index contributed by atoms with van der Waals surface area (Å²) in [6.07, 6.45) is 0.872. The molecule has 1 aliphatic heterocycles. The van der Waals surface area contributed by atoms with Crippen molar-refractivity contribution in [3.63, 3.8) is 0 Å². The molecule has 3 rings (SSSR count). The van der Waals surface area contributed by atoms with Gasteiger partial charge in [0.05, 0.1) is 35.7 Å². The van der Waals surface area contributed by atoms with Gasteiger partial charge in [0.25, 0.3) is 5.91 Å². The summed E-state index contributed by atoms with van der Waals surface area (Å²) in [7, 11) is 0. The van der Waals surface area contributed by atoms with E-state index in [1.807, 2.05) is 0 Å². The number of pyridine rings is 1. The van der Waals surface area contributed by atoms with Gasteiger partial charge < -0.3 is 15.3 Å². The Morgan fingerprint density at radius 1 is 1.50 bits per heavy atom. The fourth-order valence-electron chi connectivity index (χ4n) is 2.77. The van der Waals surface area contributed by atoms with E-state index in [0.717, 1.165) is 0 Å². The minimum Gasteiger partial charge on any atom is -0.389 e. The molecule has 0 radical (unpaired) electrons. The van der Waals surface area contributed by atoms with Crippen molar-refractivity contribution in [1.29, 1.82) is 5.26 Å². The van der Waals surface area contributed by atoms with Crippen molar-refractivity contribution in [2.24, 2.45) is 0 Å². The molecule has 0 aliphatic carbocycles. The number of thioether (sulfide) groups is 1. The molecule has 0 bridgehead atoms. The van der Waals surface area contributed by atoms with Gasteiger partial charge in [0.15, 0.2) is 0 Å². The molecule has 2 N–H and O–H groups in total. The third-order valence-corrected chi connectivity index (χ3v) is 5.26. The fourth-order valence-corrected chi connectivity index (χ4v) is 3.87. The van der Waals surface area contributed by atoms with Crippen LogP contribution in [0.4, 0.5) is 0 Å². The van der Waals surface area contributed by atoms with Crippen LogP contribution >= 0.6 is 11.8 Å². The molecule has 1 aromatic carbocycles. The normalized spacial score (nSPS) is 17.7. The first-order chi connectivity index (χ1) is 12.5. The Kier molecular flexibility index (Phi) is 5.40. The van der Waals surface area contributed by atoms with Crippen LogP contribution < -0.4 is 5.32 Å². The maximum absolute atomic E-state index is 12.6. The summed E-state index contributed by atoms with van der Waals surface area (Å²) in [5, 5.41) is 22.1. The monoisotopic (exact) mass is 370 g/mol. The summed E-state index contributed by atoms with van der Waals surface area (Å²) >= 11 is 1.52. The van der Waals surface area contributed by atoms with Gasteiger partial charge in [-0.3, -0.25) is 14.6 Å². The zero-order valence-electron chi connectivity index (χ0n) is 14.2. The number of nitriles is 1. The van der Waals surface area contributed by atoms with Crippen LogP contribution in [0.25, 0.3) is 10.9 Å². The zero-order chi connectivity index (χ0) is 18.7. The largest absolute Gasteiger partial charge is 0.389 e. The van der Waals surface area contributed by atoms with Gasteiger partial charge in [0, 0.05) is 17.3 Å². The number of hydrogen-bond donors (Lipinski definition) is 2. The molecule has 2 atom stereocenters. The Hall–Kier alpha value is -2.63. The van der Waals surface area contributed by atoms with Gasteiger partial charge in [0.2, 0.25) is 5.91 Å².